The van der Waals surface area contributed by atoms with E-state index in [1.165, 1.54) is 11.3 Å². The highest BCUT2D eigenvalue weighted by molar-refractivity contribution is 7.07. The number of carbonyl (C=O) groups is 1. The molecule has 0 atom stereocenters. The summed E-state index contributed by atoms with van der Waals surface area (Å²) >= 11 is 13.4. The monoisotopic (exact) mass is 506 g/mol. The maximum atomic E-state index is 12.7. The first kappa shape index (κ1) is 22.2. The number of amides is 1. The molecule has 9 heteroatoms. The Kier molecular flexibility index (Phi) is 6.31. The zero-order chi connectivity index (χ0) is 23.5. The van der Waals surface area contributed by atoms with Gasteiger partial charge in [0, 0.05) is 32.7 Å². The molecule has 3 aromatic carbocycles. The van der Waals surface area contributed by atoms with Crippen LogP contribution in [0.25, 0.3) is 28.3 Å². The topological polar surface area (TPSA) is 72.4 Å². The lowest BCUT2D eigenvalue weighted by atomic mass is 10.1. The lowest BCUT2D eigenvalue weighted by Crippen LogP contribution is -2.24. The summed E-state index contributed by atoms with van der Waals surface area (Å²) in [4.78, 5) is 13.3. The molecular weight excluding hydrogens is 491 g/mol. The fraction of sp³-hybridized carbons (Fsp3) is 0. The van der Waals surface area contributed by atoms with E-state index in [1.807, 2.05) is 64.5 Å². The van der Waals surface area contributed by atoms with Gasteiger partial charge in [0.2, 0.25) is 4.80 Å². The molecule has 2 heterocycles. The maximum Gasteiger partial charge on any atom is 0.293 e. The predicted octanol–water partition coefficient (Wildman–Crippen LogP) is 6.41. The van der Waals surface area contributed by atoms with Crippen LogP contribution in [0.3, 0.4) is 0 Å². The smallest absolute Gasteiger partial charge is 0.293 e. The van der Waals surface area contributed by atoms with Crippen LogP contribution < -0.4 is 10.2 Å². The van der Waals surface area contributed by atoms with Crippen molar-refractivity contribution >= 4 is 40.4 Å². The van der Waals surface area contributed by atoms with Gasteiger partial charge in [0.15, 0.2) is 11.5 Å². The zero-order valence-corrected chi connectivity index (χ0v) is 19.8. The number of carbonyl (C=O) groups excluding carboxylic acids is 1. The third kappa shape index (κ3) is 4.68. The van der Waals surface area contributed by atoms with Gasteiger partial charge in [-0.3, -0.25) is 9.36 Å². The second-order valence-electron chi connectivity index (χ2n) is 7.22. The van der Waals surface area contributed by atoms with Gasteiger partial charge >= 0.3 is 0 Å². The molecule has 0 radical (unpaired) electrons. The normalized spacial score (nSPS) is 11.5. The SMILES string of the molecule is O=C(N/N=c1\scc(-c2ccc(Cl)cc2)n1-c1ccccc1)c1cc(-c2ccc(Cl)cc2)on1. The van der Waals surface area contributed by atoms with Gasteiger partial charge in [0.05, 0.1) is 5.69 Å². The van der Waals surface area contributed by atoms with Gasteiger partial charge in [0.25, 0.3) is 5.91 Å². The third-order valence-electron chi connectivity index (χ3n) is 4.99. The van der Waals surface area contributed by atoms with Gasteiger partial charge < -0.3 is 4.52 Å². The number of hydrogen-bond acceptors (Lipinski definition) is 5. The molecule has 5 aromatic rings. The maximum absolute atomic E-state index is 12.7. The van der Waals surface area contributed by atoms with Gasteiger partial charge in [-0.05, 0) is 54.1 Å². The number of nitrogens with zero attached hydrogens (tertiary/aromatic N) is 3. The van der Waals surface area contributed by atoms with Crippen molar-refractivity contribution in [2.24, 2.45) is 5.10 Å². The van der Waals surface area contributed by atoms with Crippen molar-refractivity contribution in [3.05, 3.63) is 111 Å². The fourth-order valence-electron chi connectivity index (χ4n) is 3.33. The minimum absolute atomic E-state index is 0.120. The number of hydrogen-bond donors (Lipinski definition) is 1. The average Bonchev–Trinajstić information content (AvgIpc) is 3.52. The largest absolute Gasteiger partial charge is 0.355 e. The second-order valence-corrected chi connectivity index (χ2v) is 8.93. The van der Waals surface area contributed by atoms with E-state index in [1.54, 1.807) is 30.3 Å². The van der Waals surface area contributed by atoms with E-state index in [2.05, 4.69) is 15.7 Å². The van der Waals surface area contributed by atoms with Crippen LogP contribution in [0.5, 0.6) is 0 Å². The summed E-state index contributed by atoms with van der Waals surface area (Å²) < 4.78 is 7.29. The summed E-state index contributed by atoms with van der Waals surface area (Å²) in [6.45, 7) is 0. The molecule has 1 N–H and O–H groups in total. The molecule has 5 rings (SSSR count). The third-order valence-corrected chi connectivity index (χ3v) is 6.32. The summed E-state index contributed by atoms with van der Waals surface area (Å²) in [5.41, 5.74) is 6.28. The van der Waals surface area contributed by atoms with Gasteiger partial charge in [-0.25, -0.2) is 5.43 Å². The van der Waals surface area contributed by atoms with Crippen molar-refractivity contribution in [3.8, 4) is 28.3 Å². The average molecular weight is 507 g/mol. The summed E-state index contributed by atoms with van der Waals surface area (Å²) in [6.07, 6.45) is 0. The lowest BCUT2D eigenvalue weighted by molar-refractivity contribution is 0.0944. The molecular formula is C25H16Cl2N4O2S. The number of rotatable bonds is 5. The molecule has 34 heavy (non-hydrogen) atoms. The van der Waals surface area contributed by atoms with Crippen molar-refractivity contribution in [1.29, 1.82) is 0 Å². The summed E-state index contributed by atoms with van der Waals surface area (Å²) in [5, 5.41) is 11.5. The molecule has 2 aromatic heterocycles. The Morgan fingerprint density at radius 1 is 0.912 bits per heavy atom. The standard InChI is InChI=1S/C25H16Cl2N4O2S/c26-18-10-6-16(7-11-18)22-15-34-25(31(22)20-4-2-1-3-5-20)29-28-24(32)21-14-23(33-30-21)17-8-12-19(27)13-9-17/h1-15H,(H,28,32)/b29-25-. The second kappa shape index (κ2) is 9.69. The fourth-order valence-corrected chi connectivity index (χ4v) is 4.44. The molecule has 0 aliphatic rings. The van der Waals surface area contributed by atoms with Crippen molar-refractivity contribution < 1.29 is 9.32 Å². The Hall–Kier alpha value is -3.65. The Bertz CT molecular complexity index is 1510. The number of nitrogens with one attached hydrogen (secondary N) is 1. The number of benzene rings is 3. The molecule has 0 spiro atoms. The predicted molar refractivity (Wildman–Crippen MR) is 134 cm³/mol. The molecule has 0 bridgehead atoms. The highest BCUT2D eigenvalue weighted by atomic mass is 35.5. The van der Waals surface area contributed by atoms with E-state index >= 15 is 0 Å². The van der Waals surface area contributed by atoms with E-state index in [-0.39, 0.29) is 5.69 Å². The number of halogens is 2. The van der Waals surface area contributed by atoms with Crippen LogP contribution in [0.15, 0.2) is 99.9 Å². The molecule has 0 unspecified atom stereocenters. The molecule has 168 valence electrons. The van der Waals surface area contributed by atoms with Gasteiger partial charge in [-0.15, -0.1) is 16.4 Å². The van der Waals surface area contributed by atoms with Crippen LogP contribution in [0.4, 0.5) is 0 Å². The van der Waals surface area contributed by atoms with Crippen LogP contribution >= 0.6 is 34.5 Å². The zero-order valence-electron chi connectivity index (χ0n) is 17.5. The van der Waals surface area contributed by atoms with E-state index in [9.17, 15) is 4.79 Å². The highest BCUT2D eigenvalue weighted by Crippen LogP contribution is 2.25. The van der Waals surface area contributed by atoms with Gasteiger partial charge in [-0.2, -0.15) is 0 Å². The van der Waals surface area contributed by atoms with E-state index < -0.39 is 5.91 Å². The highest BCUT2D eigenvalue weighted by Gasteiger charge is 2.15. The summed E-state index contributed by atoms with van der Waals surface area (Å²) in [5.74, 6) is -0.0210. The Balaban J connectivity index is 1.46. The van der Waals surface area contributed by atoms with Crippen LogP contribution in [0.1, 0.15) is 10.5 Å². The van der Waals surface area contributed by atoms with E-state index in [4.69, 9.17) is 27.7 Å². The number of aromatic nitrogens is 2. The number of para-hydroxylation sites is 1. The first-order valence-corrected chi connectivity index (χ1v) is 11.8. The van der Waals surface area contributed by atoms with Crippen LogP contribution in [0.2, 0.25) is 10.0 Å². The Morgan fingerprint density at radius 3 is 2.24 bits per heavy atom. The summed E-state index contributed by atoms with van der Waals surface area (Å²) in [6, 6.07) is 26.0. The molecule has 0 saturated heterocycles. The van der Waals surface area contributed by atoms with E-state index in [0.717, 1.165) is 22.5 Å². The summed E-state index contributed by atoms with van der Waals surface area (Å²) in [7, 11) is 0. The first-order valence-electron chi connectivity index (χ1n) is 10.2. The molecule has 0 aliphatic heterocycles. The molecule has 0 saturated carbocycles. The molecule has 6 nitrogen and oxygen atoms in total. The molecule has 0 aliphatic carbocycles. The Morgan fingerprint density at radius 2 is 1.56 bits per heavy atom. The van der Waals surface area contributed by atoms with Gasteiger partial charge in [-0.1, -0.05) is 58.7 Å². The van der Waals surface area contributed by atoms with Crippen LogP contribution in [-0.2, 0) is 0 Å². The van der Waals surface area contributed by atoms with Crippen LogP contribution in [-0.4, -0.2) is 15.6 Å². The number of thiazole rings is 1. The first-order chi connectivity index (χ1) is 16.6. The minimum Gasteiger partial charge on any atom is -0.355 e. The quantitative estimate of drug-likeness (QED) is 0.279. The molecule has 1 amide bonds. The van der Waals surface area contributed by atoms with Crippen molar-refractivity contribution in [3.63, 3.8) is 0 Å². The van der Waals surface area contributed by atoms with E-state index in [0.29, 0.717) is 20.6 Å². The van der Waals surface area contributed by atoms with Crippen molar-refractivity contribution in [2.75, 3.05) is 0 Å². The molecule has 0 fully saturated rings. The minimum atomic E-state index is -0.481. The van der Waals surface area contributed by atoms with Crippen molar-refractivity contribution in [2.45, 2.75) is 0 Å². The lowest BCUT2D eigenvalue weighted by Gasteiger charge is -2.09. The van der Waals surface area contributed by atoms with Gasteiger partial charge in [0.1, 0.15) is 0 Å². The van der Waals surface area contributed by atoms with Crippen LogP contribution in [0, 0.1) is 0 Å². The van der Waals surface area contributed by atoms with Crippen molar-refractivity contribution in [1.82, 2.24) is 15.1 Å². The Labute approximate surface area is 208 Å².